The molecule has 1 atom stereocenters. The van der Waals surface area contributed by atoms with Crippen molar-refractivity contribution in [1.82, 2.24) is 4.90 Å². The Morgan fingerprint density at radius 2 is 2.15 bits per heavy atom. The first-order chi connectivity index (χ1) is 9.47. The van der Waals surface area contributed by atoms with Crippen LogP contribution in [-0.4, -0.2) is 40.9 Å². The third-order valence-electron chi connectivity index (χ3n) is 3.11. The zero-order valence-electron chi connectivity index (χ0n) is 10.6. The van der Waals surface area contributed by atoms with Gasteiger partial charge < -0.3 is 15.7 Å². The van der Waals surface area contributed by atoms with E-state index in [1.54, 1.807) is 17.0 Å². The van der Waals surface area contributed by atoms with Crippen molar-refractivity contribution in [2.45, 2.75) is 6.42 Å². The highest BCUT2D eigenvalue weighted by molar-refractivity contribution is 7.14. The minimum Gasteiger partial charge on any atom is -0.478 e. The fraction of sp³-hybridized carbons (Fsp3) is 0.308. The molecule has 3 N–H and O–H groups in total. The molecule has 106 valence electrons. The van der Waals surface area contributed by atoms with Crippen LogP contribution in [-0.2, 0) is 9.59 Å². The van der Waals surface area contributed by atoms with Gasteiger partial charge >= 0.3 is 5.97 Å². The summed E-state index contributed by atoms with van der Waals surface area (Å²) in [6.45, 7) is 0.872. The van der Waals surface area contributed by atoms with E-state index in [9.17, 15) is 14.4 Å². The highest BCUT2D eigenvalue weighted by Crippen LogP contribution is 2.23. The molecule has 7 heteroatoms. The van der Waals surface area contributed by atoms with Gasteiger partial charge in [-0.2, -0.15) is 0 Å². The second-order valence-electron chi connectivity index (χ2n) is 4.51. The van der Waals surface area contributed by atoms with Crippen molar-refractivity contribution in [1.29, 1.82) is 0 Å². The van der Waals surface area contributed by atoms with E-state index in [-0.39, 0.29) is 17.7 Å². The van der Waals surface area contributed by atoms with E-state index in [1.165, 1.54) is 17.4 Å². The SMILES string of the molecule is NC(=O)C1CCN(C(=O)c2ccc(/C=C/C(=O)O)s2)C1. The van der Waals surface area contributed by atoms with Crippen molar-refractivity contribution in [2.75, 3.05) is 13.1 Å². The van der Waals surface area contributed by atoms with Crippen LogP contribution < -0.4 is 5.73 Å². The number of rotatable bonds is 4. The summed E-state index contributed by atoms with van der Waals surface area (Å²) in [7, 11) is 0. The van der Waals surface area contributed by atoms with Crippen LogP contribution in [0.15, 0.2) is 18.2 Å². The van der Waals surface area contributed by atoms with Crippen molar-refractivity contribution >= 4 is 35.2 Å². The van der Waals surface area contributed by atoms with Crippen LogP contribution in [0.1, 0.15) is 21.0 Å². The van der Waals surface area contributed by atoms with Gasteiger partial charge in [-0.3, -0.25) is 9.59 Å². The number of aliphatic carboxylic acids is 1. The van der Waals surface area contributed by atoms with Crippen LogP contribution in [0.5, 0.6) is 0 Å². The summed E-state index contributed by atoms with van der Waals surface area (Å²) in [6.07, 6.45) is 3.07. The Hall–Kier alpha value is -2.15. The molecule has 0 spiro atoms. The molecule has 1 saturated heterocycles. The van der Waals surface area contributed by atoms with Crippen LogP contribution in [0.25, 0.3) is 6.08 Å². The second-order valence-corrected chi connectivity index (χ2v) is 5.63. The van der Waals surface area contributed by atoms with Gasteiger partial charge in [0.15, 0.2) is 0 Å². The zero-order valence-corrected chi connectivity index (χ0v) is 11.4. The Balaban J connectivity index is 2.03. The summed E-state index contributed by atoms with van der Waals surface area (Å²) in [5.41, 5.74) is 5.23. The van der Waals surface area contributed by atoms with Gasteiger partial charge in [-0.15, -0.1) is 11.3 Å². The van der Waals surface area contributed by atoms with E-state index in [1.807, 2.05) is 0 Å². The molecule has 1 aromatic heterocycles. The Labute approximate surface area is 119 Å². The van der Waals surface area contributed by atoms with Gasteiger partial charge in [-0.1, -0.05) is 0 Å². The minimum absolute atomic E-state index is 0.145. The predicted molar refractivity (Wildman–Crippen MR) is 74.2 cm³/mol. The summed E-state index contributed by atoms with van der Waals surface area (Å²) in [4.78, 5) is 36.5. The number of nitrogens with two attached hydrogens (primary N) is 1. The fourth-order valence-electron chi connectivity index (χ4n) is 2.04. The van der Waals surface area contributed by atoms with Gasteiger partial charge in [0.1, 0.15) is 0 Å². The van der Waals surface area contributed by atoms with Crippen LogP contribution in [0.4, 0.5) is 0 Å². The molecular formula is C13H14N2O4S. The monoisotopic (exact) mass is 294 g/mol. The summed E-state index contributed by atoms with van der Waals surface area (Å²) < 4.78 is 0. The van der Waals surface area contributed by atoms with E-state index in [4.69, 9.17) is 10.8 Å². The lowest BCUT2D eigenvalue weighted by Gasteiger charge is -2.14. The number of amides is 2. The first-order valence-electron chi connectivity index (χ1n) is 6.07. The van der Waals surface area contributed by atoms with Crippen molar-refractivity contribution in [2.24, 2.45) is 11.7 Å². The average molecular weight is 294 g/mol. The molecule has 6 nitrogen and oxygen atoms in total. The molecule has 1 aliphatic rings. The second kappa shape index (κ2) is 5.87. The molecule has 0 aromatic carbocycles. The van der Waals surface area contributed by atoms with E-state index in [0.29, 0.717) is 29.3 Å². The number of primary amides is 1. The molecule has 1 aromatic rings. The molecule has 20 heavy (non-hydrogen) atoms. The lowest BCUT2D eigenvalue weighted by Crippen LogP contribution is -2.31. The number of hydrogen-bond acceptors (Lipinski definition) is 4. The van der Waals surface area contributed by atoms with Crippen molar-refractivity contribution < 1.29 is 19.5 Å². The molecule has 2 heterocycles. The van der Waals surface area contributed by atoms with Gasteiger partial charge in [0.05, 0.1) is 10.8 Å². The van der Waals surface area contributed by atoms with E-state index >= 15 is 0 Å². The fourth-order valence-corrected chi connectivity index (χ4v) is 2.92. The first kappa shape index (κ1) is 14.3. The topological polar surface area (TPSA) is 101 Å². The van der Waals surface area contributed by atoms with Gasteiger partial charge in [0, 0.05) is 24.0 Å². The molecule has 0 saturated carbocycles. The lowest BCUT2D eigenvalue weighted by atomic mass is 10.1. The third-order valence-corrected chi connectivity index (χ3v) is 4.14. The van der Waals surface area contributed by atoms with Crippen molar-refractivity contribution in [3.05, 3.63) is 28.0 Å². The normalized spacial score (nSPS) is 18.6. The maximum Gasteiger partial charge on any atom is 0.328 e. The molecular weight excluding hydrogens is 280 g/mol. The smallest absolute Gasteiger partial charge is 0.328 e. The summed E-state index contributed by atoms with van der Waals surface area (Å²) in [6, 6.07) is 3.35. The van der Waals surface area contributed by atoms with E-state index in [2.05, 4.69) is 0 Å². The summed E-state index contributed by atoms with van der Waals surface area (Å²) in [5.74, 6) is -1.83. The standard InChI is InChI=1S/C13H14N2O4S/c14-12(18)8-5-6-15(7-8)13(19)10-3-1-9(20-10)2-4-11(16)17/h1-4,8H,5-7H2,(H2,14,18)(H,16,17)/b4-2+. The lowest BCUT2D eigenvalue weighted by molar-refractivity contribution is -0.131. The van der Waals surface area contributed by atoms with Crippen LogP contribution >= 0.6 is 11.3 Å². The number of thiophene rings is 1. The van der Waals surface area contributed by atoms with Crippen LogP contribution in [0, 0.1) is 5.92 Å². The largest absolute Gasteiger partial charge is 0.478 e. The summed E-state index contributed by atoms with van der Waals surface area (Å²) in [5, 5.41) is 8.54. The number of carboxylic acid groups (broad SMARTS) is 1. The Bertz CT molecular complexity index is 579. The molecule has 1 fully saturated rings. The van der Waals surface area contributed by atoms with E-state index in [0.717, 1.165) is 6.08 Å². The number of carbonyl (C=O) groups is 3. The minimum atomic E-state index is -1.03. The molecule has 0 bridgehead atoms. The molecule has 2 rings (SSSR count). The van der Waals surface area contributed by atoms with Gasteiger partial charge in [-0.25, -0.2) is 4.79 Å². The Morgan fingerprint density at radius 1 is 1.40 bits per heavy atom. The quantitative estimate of drug-likeness (QED) is 0.802. The maximum atomic E-state index is 12.2. The number of carbonyl (C=O) groups excluding carboxylic acids is 2. The molecule has 1 unspecified atom stereocenters. The average Bonchev–Trinajstić information content (AvgIpc) is 3.05. The number of carboxylic acids is 1. The molecule has 2 amide bonds. The molecule has 0 radical (unpaired) electrons. The number of hydrogen-bond donors (Lipinski definition) is 2. The van der Waals surface area contributed by atoms with Gasteiger partial charge in [0.2, 0.25) is 5.91 Å². The Kier molecular flexibility index (Phi) is 4.19. The van der Waals surface area contributed by atoms with Crippen molar-refractivity contribution in [3.63, 3.8) is 0 Å². The van der Waals surface area contributed by atoms with Crippen LogP contribution in [0.3, 0.4) is 0 Å². The highest BCUT2D eigenvalue weighted by atomic mass is 32.1. The summed E-state index contributed by atoms with van der Waals surface area (Å²) >= 11 is 1.22. The maximum absolute atomic E-state index is 12.2. The van der Waals surface area contributed by atoms with Crippen molar-refractivity contribution in [3.8, 4) is 0 Å². The third kappa shape index (κ3) is 3.24. The first-order valence-corrected chi connectivity index (χ1v) is 6.88. The van der Waals surface area contributed by atoms with E-state index < -0.39 is 5.97 Å². The zero-order chi connectivity index (χ0) is 14.7. The Morgan fingerprint density at radius 3 is 2.75 bits per heavy atom. The highest BCUT2D eigenvalue weighted by Gasteiger charge is 2.30. The predicted octanol–water partition coefficient (Wildman–Crippen LogP) is 0.793. The van der Waals surface area contributed by atoms with Gasteiger partial charge in [-0.05, 0) is 24.6 Å². The van der Waals surface area contributed by atoms with Crippen LogP contribution in [0.2, 0.25) is 0 Å². The number of likely N-dealkylation sites (tertiary alicyclic amines) is 1. The number of nitrogens with zero attached hydrogens (tertiary/aromatic N) is 1. The molecule has 0 aliphatic carbocycles. The van der Waals surface area contributed by atoms with Gasteiger partial charge in [0.25, 0.3) is 5.91 Å². The molecule has 1 aliphatic heterocycles.